The van der Waals surface area contributed by atoms with Gasteiger partial charge in [-0.15, -0.1) is 0 Å². The monoisotopic (exact) mass is 286 g/mol. The highest BCUT2D eigenvalue weighted by Gasteiger charge is 2.34. The maximum absolute atomic E-state index is 13.6. The molecule has 0 atom stereocenters. The number of alkyl halides is 3. The van der Waals surface area contributed by atoms with Gasteiger partial charge in [-0.1, -0.05) is 13.0 Å². The topological polar surface area (TPSA) is 35.0 Å². The number of aromatic nitrogens is 2. The normalized spacial score (nSPS) is 11.4. The maximum Gasteiger partial charge on any atom is 0.451 e. The SMILES string of the molecule is CCc1ccc(Oc2cnc(C(F)(F)F)nc2)c(F)c1. The van der Waals surface area contributed by atoms with E-state index < -0.39 is 17.8 Å². The summed E-state index contributed by atoms with van der Waals surface area (Å²) in [5.74, 6) is -2.03. The fourth-order valence-electron chi connectivity index (χ4n) is 1.49. The summed E-state index contributed by atoms with van der Waals surface area (Å²) in [5, 5.41) is 0. The summed E-state index contributed by atoms with van der Waals surface area (Å²) < 4.78 is 55.6. The number of hydrogen-bond acceptors (Lipinski definition) is 3. The Bertz CT molecular complexity index is 596. The smallest absolute Gasteiger partial charge is 0.451 e. The second-order valence-corrected chi connectivity index (χ2v) is 3.96. The Morgan fingerprint density at radius 1 is 1.15 bits per heavy atom. The Kier molecular flexibility index (Phi) is 3.87. The van der Waals surface area contributed by atoms with Crippen LogP contribution in [0, 0.1) is 5.82 Å². The second kappa shape index (κ2) is 5.44. The van der Waals surface area contributed by atoms with Gasteiger partial charge in [-0.3, -0.25) is 0 Å². The molecule has 1 aromatic carbocycles. The zero-order chi connectivity index (χ0) is 14.8. The Labute approximate surface area is 112 Å². The van der Waals surface area contributed by atoms with Crippen molar-refractivity contribution in [2.24, 2.45) is 0 Å². The van der Waals surface area contributed by atoms with E-state index in [-0.39, 0.29) is 11.5 Å². The first-order chi connectivity index (χ1) is 9.40. The summed E-state index contributed by atoms with van der Waals surface area (Å²) in [6, 6.07) is 4.38. The van der Waals surface area contributed by atoms with Crippen LogP contribution >= 0.6 is 0 Å². The van der Waals surface area contributed by atoms with Gasteiger partial charge in [0, 0.05) is 0 Å². The molecular weight excluding hydrogens is 276 g/mol. The van der Waals surface area contributed by atoms with Gasteiger partial charge < -0.3 is 4.74 Å². The van der Waals surface area contributed by atoms with Crippen molar-refractivity contribution in [2.45, 2.75) is 19.5 Å². The number of benzene rings is 1. The van der Waals surface area contributed by atoms with Crippen molar-refractivity contribution in [3.63, 3.8) is 0 Å². The quantitative estimate of drug-likeness (QED) is 0.800. The largest absolute Gasteiger partial charge is 0.451 e. The van der Waals surface area contributed by atoms with Crippen molar-refractivity contribution in [3.8, 4) is 11.5 Å². The molecule has 0 amide bonds. The van der Waals surface area contributed by atoms with Gasteiger partial charge in [0.05, 0.1) is 12.4 Å². The lowest BCUT2D eigenvalue weighted by atomic mass is 10.1. The van der Waals surface area contributed by atoms with Crippen LogP contribution in [-0.2, 0) is 12.6 Å². The van der Waals surface area contributed by atoms with Crippen LogP contribution in [-0.4, -0.2) is 9.97 Å². The van der Waals surface area contributed by atoms with Gasteiger partial charge in [0.15, 0.2) is 17.3 Å². The lowest BCUT2D eigenvalue weighted by Crippen LogP contribution is -2.10. The minimum Gasteiger partial charge on any atom is -0.451 e. The van der Waals surface area contributed by atoms with Gasteiger partial charge in [-0.05, 0) is 24.1 Å². The van der Waals surface area contributed by atoms with E-state index in [1.165, 1.54) is 12.1 Å². The van der Waals surface area contributed by atoms with Gasteiger partial charge in [0.1, 0.15) is 0 Å². The molecule has 0 aliphatic rings. The number of nitrogens with zero attached hydrogens (tertiary/aromatic N) is 2. The van der Waals surface area contributed by atoms with Crippen molar-refractivity contribution in [1.82, 2.24) is 9.97 Å². The molecule has 0 aliphatic heterocycles. The van der Waals surface area contributed by atoms with E-state index in [0.717, 1.165) is 18.0 Å². The highest BCUT2D eigenvalue weighted by atomic mass is 19.4. The minimum atomic E-state index is -4.62. The molecule has 0 unspecified atom stereocenters. The third kappa shape index (κ3) is 3.23. The van der Waals surface area contributed by atoms with E-state index in [4.69, 9.17) is 4.74 Å². The van der Waals surface area contributed by atoms with Crippen LogP contribution in [0.4, 0.5) is 17.6 Å². The molecule has 0 radical (unpaired) electrons. The van der Waals surface area contributed by atoms with Crippen molar-refractivity contribution in [2.75, 3.05) is 0 Å². The molecule has 0 bridgehead atoms. The lowest BCUT2D eigenvalue weighted by Gasteiger charge is -2.08. The third-order valence-electron chi connectivity index (χ3n) is 2.51. The molecule has 20 heavy (non-hydrogen) atoms. The summed E-state index contributed by atoms with van der Waals surface area (Å²) in [4.78, 5) is 6.25. The van der Waals surface area contributed by atoms with Crippen LogP contribution in [0.5, 0.6) is 11.5 Å². The standard InChI is InChI=1S/C13H10F4N2O/c1-2-8-3-4-11(10(14)5-8)20-9-6-18-12(19-7-9)13(15,16)17/h3-7H,2H2,1H3. The van der Waals surface area contributed by atoms with E-state index in [2.05, 4.69) is 9.97 Å². The average molecular weight is 286 g/mol. The van der Waals surface area contributed by atoms with Gasteiger partial charge >= 0.3 is 6.18 Å². The molecule has 0 fully saturated rings. The number of hydrogen-bond donors (Lipinski definition) is 0. The van der Waals surface area contributed by atoms with Crippen molar-refractivity contribution in [1.29, 1.82) is 0 Å². The summed E-state index contributed by atoms with van der Waals surface area (Å²) in [6.45, 7) is 1.87. The first-order valence-corrected chi connectivity index (χ1v) is 5.75. The van der Waals surface area contributed by atoms with E-state index in [1.54, 1.807) is 6.07 Å². The van der Waals surface area contributed by atoms with Gasteiger partial charge in [-0.2, -0.15) is 13.2 Å². The van der Waals surface area contributed by atoms with Gasteiger partial charge in [0.2, 0.25) is 5.82 Å². The molecule has 0 saturated heterocycles. The molecule has 1 aromatic heterocycles. The van der Waals surface area contributed by atoms with E-state index in [1.807, 2.05) is 6.92 Å². The van der Waals surface area contributed by atoms with Crippen LogP contribution in [0.3, 0.4) is 0 Å². The minimum absolute atomic E-state index is 0.0684. The fourth-order valence-corrected chi connectivity index (χ4v) is 1.49. The highest BCUT2D eigenvalue weighted by molar-refractivity contribution is 5.33. The predicted molar refractivity (Wildman–Crippen MR) is 62.9 cm³/mol. The van der Waals surface area contributed by atoms with E-state index in [9.17, 15) is 17.6 Å². The summed E-state index contributed by atoms with van der Waals surface area (Å²) >= 11 is 0. The molecule has 0 spiro atoms. The fraction of sp³-hybridized carbons (Fsp3) is 0.231. The van der Waals surface area contributed by atoms with E-state index >= 15 is 0 Å². The second-order valence-electron chi connectivity index (χ2n) is 3.96. The Balaban J connectivity index is 2.18. The molecule has 0 N–H and O–H groups in total. The molecule has 0 aliphatic carbocycles. The molecule has 106 valence electrons. The zero-order valence-corrected chi connectivity index (χ0v) is 10.4. The first kappa shape index (κ1) is 14.2. The average Bonchev–Trinajstić information content (AvgIpc) is 2.40. The summed E-state index contributed by atoms with van der Waals surface area (Å²) in [6.07, 6.45) is -2.25. The molecular formula is C13H10F4N2O. The van der Waals surface area contributed by atoms with Crippen molar-refractivity contribution in [3.05, 3.63) is 47.8 Å². The Morgan fingerprint density at radius 2 is 1.80 bits per heavy atom. The Morgan fingerprint density at radius 3 is 2.30 bits per heavy atom. The van der Waals surface area contributed by atoms with E-state index in [0.29, 0.717) is 6.42 Å². The zero-order valence-electron chi connectivity index (χ0n) is 10.4. The molecule has 3 nitrogen and oxygen atoms in total. The highest BCUT2D eigenvalue weighted by Crippen LogP contribution is 2.28. The molecule has 7 heteroatoms. The summed E-state index contributed by atoms with van der Waals surface area (Å²) in [5.41, 5.74) is 0.790. The molecule has 2 aromatic rings. The van der Waals surface area contributed by atoms with Crippen LogP contribution in [0.2, 0.25) is 0 Å². The van der Waals surface area contributed by atoms with Crippen molar-refractivity contribution < 1.29 is 22.3 Å². The van der Waals surface area contributed by atoms with Crippen LogP contribution in [0.25, 0.3) is 0 Å². The molecule has 0 saturated carbocycles. The number of halogens is 4. The summed E-state index contributed by atoms with van der Waals surface area (Å²) in [7, 11) is 0. The van der Waals surface area contributed by atoms with Crippen LogP contribution < -0.4 is 4.74 Å². The Hall–Kier alpha value is -2.18. The number of rotatable bonds is 3. The van der Waals surface area contributed by atoms with Gasteiger partial charge in [-0.25, -0.2) is 14.4 Å². The third-order valence-corrected chi connectivity index (χ3v) is 2.51. The lowest BCUT2D eigenvalue weighted by molar-refractivity contribution is -0.145. The van der Waals surface area contributed by atoms with Crippen molar-refractivity contribution >= 4 is 0 Å². The molecule has 2 rings (SSSR count). The number of ether oxygens (including phenoxy) is 1. The van der Waals surface area contributed by atoms with Crippen LogP contribution in [0.1, 0.15) is 18.3 Å². The van der Waals surface area contributed by atoms with Gasteiger partial charge in [0.25, 0.3) is 0 Å². The molecule has 1 heterocycles. The predicted octanol–water partition coefficient (Wildman–Crippen LogP) is 3.99. The maximum atomic E-state index is 13.6. The van der Waals surface area contributed by atoms with Crippen LogP contribution in [0.15, 0.2) is 30.6 Å². The number of aryl methyl sites for hydroxylation is 1. The first-order valence-electron chi connectivity index (χ1n) is 5.75.